The van der Waals surface area contributed by atoms with Gasteiger partial charge in [0.2, 0.25) is 0 Å². The van der Waals surface area contributed by atoms with E-state index in [4.69, 9.17) is 16.3 Å². The second kappa shape index (κ2) is 6.27. The number of rotatable bonds is 4. The highest BCUT2D eigenvalue weighted by Crippen LogP contribution is 2.26. The van der Waals surface area contributed by atoms with Gasteiger partial charge in [-0.1, -0.05) is 23.7 Å². The Hall–Kier alpha value is -2.21. The average Bonchev–Trinajstić information content (AvgIpc) is 3.04. The van der Waals surface area contributed by atoms with Gasteiger partial charge in [-0.3, -0.25) is 5.01 Å². The first-order valence-electron chi connectivity index (χ1n) is 6.77. The molecule has 1 heterocycles. The van der Waals surface area contributed by atoms with E-state index in [2.05, 4.69) is 11.0 Å². The molecule has 0 saturated heterocycles. The lowest BCUT2D eigenvalue weighted by atomic mass is 10.1. The number of aliphatic hydroxyl groups is 1. The summed E-state index contributed by atoms with van der Waals surface area (Å²) in [7, 11) is 1.64. The number of hydrogen-bond acceptors (Lipinski definition) is 5. The number of anilines is 1. The van der Waals surface area contributed by atoms with Crippen molar-refractivity contribution in [2.75, 3.05) is 12.1 Å². The summed E-state index contributed by atoms with van der Waals surface area (Å²) in [6.07, 6.45) is 1.91. The second-order valence-electron chi connectivity index (χ2n) is 4.81. The molecule has 6 heteroatoms. The summed E-state index contributed by atoms with van der Waals surface area (Å²) in [5.41, 5.74) is 9.59. The van der Waals surface area contributed by atoms with Crippen molar-refractivity contribution in [2.24, 2.45) is 0 Å². The van der Waals surface area contributed by atoms with E-state index in [1.165, 1.54) is 0 Å². The predicted octanol–water partition coefficient (Wildman–Crippen LogP) is 2.67. The Morgan fingerprint density at radius 3 is 2.86 bits per heavy atom. The van der Waals surface area contributed by atoms with E-state index >= 15 is 0 Å². The highest BCUT2D eigenvalue weighted by atomic mass is 35.5. The van der Waals surface area contributed by atoms with Crippen LogP contribution in [0, 0.1) is 0 Å². The monoisotopic (exact) mass is 317 g/mol. The molecule has 0 atom stereocenters. The summed E-state index contributed by atoms with van der Waals surface area (Å²) in [5.74, 6) is 0.781. The molecule has 0 saturated carbocycles. The summed E-state index contributed by atoms with van der Waals surface area (Å²) in [6, 6.07) is 13.1. The van der Waals surface area contributed by atoms with Gasteiger partial charge in [-0.25, -0.2) is 0 Å². The Labute approximate surface area is 133 Å². The molecule has 0 amide bonds. The van der Waals surface area contributed by atoms with Crippen molar-refractivity contribution >= 4 is 23.0 Å². The molecular formula is C16H16ClN3O2. The number of hydrazine groups is 2. The van der Waals surface area contributed by atoms with Gasteiger partial charge in [0.05, 0.1) is 25.1 Å². The van der Waals surface area contributed by atoms with E-state index in [1.54, 1.807) is 19.2 Å². The minimum Gasteiger partial charge on any atom is -0.497 e. The highest BCUT2D eigenvalue weighted by Gasteiger charge is 2.17. The Kier molecular flexibility index (Phi) is 4.20. The Morgan fingerprint density at radius 1 is 1.23 bits per heavy atom. The van der Waals surface area contributed by atoms with Gasteiger partial charge in [0, 0.05) is 22.9 Å². The molecule has 1 aliphatic rings. The molecule has 0 aliphatic carbocycles. The molecule has 2 aromatic rings. The number of methoxy groups -OCH3 is 1. The van der Waals surface area contributed by atoms with Gasteiger partial charge >= 0.3 is 0 Å². The summed E-state index contributed by atoms with van der Waals surface area (Å²) >= 11 is 5.97. The molecule has 114 valence electrons. The van der Waals surface area contributed by atoms with Gasteiger partial charge in [0.1, 0.15) is 5.75 Å². The summed E-state index contributed by atoms with van der Waals surface area (Å²) in [5, 5.41) is 11.9. The lowest BCUT2D eigenvalue weighted by Crippen LogP contribution is -2.36. The molecule has 3 rings (SSSR count). The van der Waals surface area contributed by atoms with Crippen molar-refractivity contribution in [1.29, 1.82) is 0 Å². The zero-order valence-electron chi connectivity index (χ0n) is 12.0. The average molecular weight is 318 g/mol. The first kappa shape index (κ1) is 14.7. The van der Waals surface area contributed by atoms with Crippen LogP contribution in [0.3, 0.4) is 0 Å². The number of nitrogens with zero attached hydrogens (tertiary/aromatic N) is 1. The van der Waals surface area contributed by atoms with Crippen LogP contribution in [0.15, 0.2) is 48.7 Å². The topological polar surface area (TPSA) is 56.8 Å². The maximum Gasteiger partial charge on any atom is 0.120 e. The molecule has 2 aromatic carbocycles. The van der Waals surface area contributed by atoms with Gasteiger partial charge in [0.15, 0.2) is 0 Å². The normalized spacial score (nSPS) is 13.8. The Bertz CT molecular complexity index is 718. The third-order valence-electron chi connectivity index (χ3n) is 3.43. The van der Waals surface area contributed by atoms with Crippen molar-refractivity contribution < 1.29 is 9.84 Å². The lowest BCUT2D eigenvalue weighted by Gasteiger charge is -2.15. The van der Waals surface area contributed by atoms with Crippen LogP contribution in [0.4, 0.5) is 5.69 Å². The van der Waals surface area contributed by atoms with E-state index < -0.39 is 0 Å². The smallest absolute Gasteiger partial charge is 0.120 e. The first-order valence-corrected chi connectivity index (χ1v) is 7.15. The van der Waals surface area contributed by atoms with Gasteiger partial charge < -0.3 is 15.3 Å². The fourth-order valence-electron chi connectivity index (χ4n) is 2.31. The molecule has 1 aliphatic heterocycles. The fourth-order valence-corrected chi connectivity index (χ4v) is 2.50. The molecule has 0 radical (unpaired) electrons. The maximum atomic E-state index is 9.49. The zero-order chi connectivity index (χ0) is 15.5. The largest absolute Gasteiger partial charge is 0.497 e. The minimum absolute atomic E-state index is 0.0753. The van der Waals surface area contributed by atoms with Crippen LogP contribution in [0.2, 0.25) is 5.02 Å². The van der Waals surface area contributed by atoms with Crippen LogP contribution in [0.25, 0.3) is 5.70 Å². The van der Waals surface area contributed by atoms with Gasteiger partial charge in [-0.2, -0.15) is 0 Å². The minimum atomic E-state index is -0.0753. The summed E-state index contributed by atoms with van der Waals surface area (Å²) in [4.78, 5) is 0. The third-order valence-corrected chi connectivity index (χ3v) is 3.66. The fraction of sp³-hybridized carbons (Fsp3) is 0.125. The maximum absolute atomic E-state index is 9.49. The number of halogens is 1. The molecule has 0 bridgehead atoms. The standard InChI is InChI=1S/C16H16ClN3O2/c1-22-14-4-2-3-13(8-14)20-9-16(18-19-20)15-6-5-12(17)7-11(15)10-21/h2-9,18-19,21H,10H2,1H3. The van der Waals surface area contributed by atoms with Gasteiger partial charge in [-0.15, -0.1) is 5.53 Å². The Balaban J connectivity index is 1.91. The van der Waals surface area contributed by atoms with Crippen LogP contribution >= 0.6 is 11.6 Å². The van der Waals surface area contributed by atoms with Gasteiger partial charge in [0.25, 0.3) is 0 Å². The quantitative estimate of drug-likeness (QED) is 0.809. The molecule has 0 unspecified atom stereocenters. The van der Waals surface area contributed by atoms with Crippen molar-refractivity contribution in [2.45, 2.75) is 6.61 Å². The van der Waals surface area contributed by atoms with E-state index in [0.717, 1.165) is 28.3 Å². The van der Waals surface area contributed by atoms with Crippen LogP contribution in [-0.4, -0.2) is 12.2 Å². The van der Waals surface area contributed by atoms with Gasteiger partial charge in [-0.05, 0) is 29.8 Å². The second-order valence-corrected chi connectivity index (χ2v) is 5.25. The van der Waals surface area contributed by atoms with E-state index in [0.29, 0.717) is 5.02 Å². The van der Waals surface area contributed by atoms with E-state index in [1.807, 2.05) is 41.5 Å². The predicted molar refractivity (Wildman–Crippen MR) is 87.1 cm³/mol. The molecule has 5 nitrogen and oxygen atoms in total. The van der Waals surface area contributed by atoms with Crippen molar-refractivity contribution in [1.82, 2.24) is 11.0 Å². The first-order chi connectivity index (χ1) is 10.7. The van der Waals surface area contributed by atoms with Crippen LogP contribution in [0.1, 0.15) is 11.1 Å². The zero-order valence-corrected chi connectivity index (χ0v) is 12.8. The van der Waals surface area contributed by atoms with Crippen LogP contribution < -0.4 is 20.7 Å². The third kappa shape index (κ3) is 2.87. The van der Waals surface area contributed by atoms with E-state index in [-0.39, 0.29) is 6.61 Å². The summed E-state index contributed by atoms with van der Waals surface area (Å²) in [6.45, 7) is -0.0753. The molecular weight excluding hydrogens is 302 g/mol. The molecule has 0 aromatic heterocycles. The number of benzene rings is 2. The lowest BCUT2D eigenvalue weighted by molar-refractivity contribution is 0.281. The van der Waals surface area contributed by atoms with Crippen molar-refractivity contribution in [3.05, 3.63) is 64.8 Å². The van der Waals surface area contributed by atoms with Crippen molar-refractivity contribution in [3.8, 4) is 5.75 Å². The molecule has 0 fully saturated rings. The highest BCUT2D eigenvalue weighted by molar-refractivity contribution is 6.30. The van der Waals surface area contributed by atoms with Crippen molar-refractivity contribution in [3.63, 3.8) is 0 Å². The molecule has 3 N–H and O–H groups in total. The van der Waals surface area contributed by atoms with E-state index in [9.17, 15) is 5.11 Å². The van der Waals surface area contributed by atoms with Crippen LogP contribution in [0.5, 0.6) is 5.75 Å². The molecule has 22 heavy (non-hydrogen) atoms. The number of ether oxygens (including phenoxy) is 1. The number of hydrogen-bond donors (Lipinski definition) is 3. The Morgan fingerprint density at radius 2 is 2.09 bits per heavy atom. The summed E-state index contributed by atoms with van der Waals surface area (Å²) < 4.78 is 5.23. The van der Waals surface area contributed by atoms with Crippen LogP contribution in [-0.2, 0) is 6.61 Å². The molecule has 0 spiro atoms. The number of nitrogens with one attached hydrogen (secondary N) is 2. The SMILES string of the molecule is COc1cccc(N2C=C(c3ccc(Cl)cc3CO)NN2)c1. The number of aliphatic hydroxyl groups excluding tert-OH is 1.